The van der Waals surface area contributed by atoms with Crippen LogP contribution in [0.3, 0.4) is 0 Å². The van der Waals surface area contributed by atoms with Crippen LogP contribution in [-0.2, 0) is 4.74 Å². The van der Waals surface area contributed by atoms with Gasteiger partial charge in [0.25, 0.3) is 5.91 Å². The summed E-state index contributed by atoms with van der Waals surface area (Å²) in [5.41, 5.74) is 0.598. The maximum atomic E-state index is 12.6. The Hall–Kier alpha value is -0.940. The standard InChI is InChI=1S/C17H25BrN2O2/c1-5-6-7-22-15-9-14(17(15,2)3)20(4)16(21)12-8-13(18)11-19-10-12/h8,10-11,14-15H,5-7,9H2,1-4H3/t14-,15-/m0/s1. The van der Waals surface area contributed by atoms with Gasteiger partial charge < -0.3 is 9.64 Å². The number of carbonyl (C=O) groups excluding carboxylic acids is 1. The summed E-state index contributed by atoms with van der Waals surface area (Å²) in [5.74, 6) is 0.0129. The number of hydrogen-bond donors (Lipinski definition) is 0. The third-order valence-electron chi connectivity index (χ3n) is 4.68. The lowest BCUT2D eigenvalue weighted by atomic mass is 9.63. The number of rotatable bonds is 6. The molecule has 22 heavy (non-hydrogen) atoms. The maximum absolute atomic E-state index is 12.6. The number of pyridine rings is 1. The molecule has 1 amide bonds. The molecule has 1 aliphatic rings. The highest BCUT2D eigenvalue weighted by Crippen LogP contribution is 2.45. The number of carbonyl (C=O) groups is 1. The molecule has 0 aromatic carbocycles. The molecule has 0 spiro atoms. The zero-order valence-electron chi connectivity index (χ0n) is 13.8. The fraction of sp³-hybridized carbons (Fsp3) is 0.647. The van der Waals surface area contributed by atoms with Crippen LogP contribution < -0.4 is 0 Å². The van der Waals surface area contributed by atoms with E-state index >= 15 is 0 Å². The average Bonchev–Trinajstić information content (AvgIpc) is 2.48. The van der Waals surface area contributed by atoms with Crippen molar-refractivity contribution in [2.45, 2.75) is 52.2 Å². The number of amides is 1. The number of ether oxygens (including phenoxy) is 1. The predicted molar refractivity (Wildman–Crippen MR) is 90.9 cm³/mol. The van der Waals surface area contributed by atoms with Gasteiger partial charge in [-0.15, -0.1) is 0 Å². The zero-order valence-corrected chi connectivity index (χ0v) is 15.4. The van der Waals surface area contributed by atoms with Crippen LogP contribution in [0, 0.1) is 5.41 Å². The molecule has 0 aliphatic heterocycles. The van der Waals surface area contributed by atoms with Crippen molar-refractivity contribution in [3.63, 3.8) is 0 Å². The van der Waals surface area contributed by atoms with Gasteiger partial charge >= 0.3 is 0 Å². The Bertz CT molecular complexity index is 533. The van der Waals surface area contributed by atoms with Crippen LogP contribution in [0.25, 0.3) is 0 Å². The van der Waals surface area contributed by atoms with Gasteiger partial charge in [0.2, 0.25) is 0 Å². The number of halogens is 1. The maximum Gasteiger partial charge on any atom is 0.255 e. The minimum Gasteiger partial charge on any atom is -0.378 e. The largest absolute Gasteiger partial charge is 0.378 e. The minimum absolute atomic E-state index is 0.0129. The van der Waals surface area contributed by atoms with Gasteiger partial charge in [-0.05, 0) is 34.8 Å². The van der Waals surface area contributed by atoms with Crippen molar-refractivity contribution in [3.05, 3.63) is 28.5 Å². The highest BCUT2D eigenvalue weighted by Gasteiger charge is 2.51. The van der Waals surface area contributed by atoms with Crippen molar-refractivity contribution >= 4 is 21.8 Å². The Balaban J connectivity index is 1.99. The molecule has 1 heterocycles. The smallest absolute Gasteiger partial charge is 0.255 e. The third-order valence-corrected chi connectivity index (χ3v) is 5.12. The van der Waals surface area contributed by atoms with Crippen molar-refractivity contribution in [1.29, 1.82) is 0 Å². The molecule has 122 valence electrons. The lowest BCUT2D eigenvalue weighted by molar-refractivity contribution is -0.140. The molecule has 1 aromatic heterocycles. The van der Waals surface area contributed by atoms with Gasteiger partial charge in [-0.1, -0.05) is 27.2 Å². The summed E-state index contributed by atoms with van der Waals surface area (Å²) < 4.78 is 6.78. The first kappa shape index (κ1) is 17.4. The van der Waals surface area contributed by atoms with Crippen LogP contribution in [0.1, 0.15) is 50.4 Å². The van der Waals surface area contributed by atoms with E-state index < -0.39 is 0 Å². The molecule has 1 aromatic rings. The zero-order chi connectivity index (χ0) is 16.3. The highest BCUT2D eigenvalue weighted by molar-refractivity contribution is 9.10. The number of nitrogens with zero attached hydrogens (tertiary/aromatic N) is 2. The molecule has 2 rings (SSSR count). The molecule has 0 saturated heterocycles. The second-order valence-electron chi connectivity index (χ2n) is 6.59. The molecule has 1 aliphatic carbocycles. The highest BCUT2D eigenvalue weighted by atomic mass is 79.9. The van der Waals surface area contributed by atoms with Crippen LogP contribution in [0.5, 0.6) is 0 Å². The van der Waals surface area contributed by atoms with Crippen molar-refractivity contribution in [2.24, 2.45) is 5.41 Å². The van der Waals surface area contributed by atoms with Crippen LogP contribution >= 0.6 is 15.9 Å². The summed E-state index contributed by atoms with van der Waals surface area (Å²) in [7, 11) is 1.87. The SMILES string of the molecule is CCCCO[C@H]1C[C@H](N(C)C(=O)c2cncc(Br)c2)C1(C)C. The molecule has 1 saturated carbocycles. The summed E-state index contributed by atoms with van der Waals surface area (Å²) in [4.78, 5) is 18.5. The lowest BCUT2D eigenvalue weighted by Crippen LogP contribution is -2.62. The van der Waals surface area contributed by atoms with Gasteiger partial charge in [-0.25, -0.2) is 0 Å². The Morgan fingerprint density at radius 1 is 1.50 bits per heavy atom. The topological polar surface area (TPSA) is 42.4 Å². The van der Waals surface area contributed by atoms with E-state index in [-0.39, 0.29) is 23.5 Å². The van der Waals surface area contributed by atoms with Crippen molar-refractivity contribution in [2.75, 3.05) is 13.7 Å². The predicted octanol–water partition coefficient (Wildman–Crippen LogP) is 3.90. The fourth-order valence-electron chi connectivity index (χ4n) is 3.05. The normalized spacial score (nSPS) is 23.0. The average molecular weight is 369 g/mol. The summed E-state index contributed by atoms with van der Waals surface area (Å²) in [6.07, 6.45) is 6.67. The summed E-state index contributed by atoms with van der Waals surface area (Å²) in [6.45, 7) is 7.34. The first-order chi connectivity index (χ1) is 10.4. The van der Waals surface area contributed by atoms with E-state index in [2.05, 4.69) is 41.7 Å². The van der Waals surface area contributed by atoms with Gasteiger partial charge in [-0.3, -0.25) is 9.78 Å². The quantitative estimate of drug-likeness (QED) is 0.715. The van der Waals surface area contributed by atoms with E-state index in [1.807, 2.05) is 18.0 Å². The second-order valence-corrected chi connectivity index (χ2v) is 7.51. The Morgan fingerprint density at radius 2 is 2.23 bits per heavy atom. The molecule has 0 N–H and O–H groups in total. The lowest BCUT2D eigenvalue weighted by Gasteiger charge is -2.54. The third kappa shape index (κ3) is 3.51. The van der Waals surface area contributed by atoms with Crippen molar-refractivity contribution in [3.8, 4) is 0 Å². The minimum atomic E-state index is -0.0163. The molecule has 0 unspecified atom stereocenters. The van der Waals surface area contributed by atoms with Crippen molar-refractivity contribution < 1.29 is 9.53 Å². The van der Waals surface area contributed by atoms with Crippen LogP contribution in [0.15, 0.2) is 22.9 Å². The summed E-state index contributed by atoms with van der Waals surface area (Å²) in [6, 6.07) is 2.01. The first-order valence-electron chi connectivity index (χ1n) is 7.87. The van der Waals surface area contributed by atoms with Crippen molar-refractivity contribution in [1.82, 2.24) is 9.88 Å². The monoisotopic (exact) mass is 368 g/mol. The number of aromatic nitrogens is 1. The van der Waals surface area contributed by atoms with E-state index in [9.17, 15) is 4.79 Å². The molecular weight excluding hydrogens is 344 g/mol. The molecule has 1 fully saturated rings. The number of unbranched alkanes of at least 4 members (excludes halogenated alkanes) is 1. The molecular formula is C17H25BrN2O2. The first-order valence-corrected chi connectivity index (χ1v) is 8.66. The Kier molecular flexibility index (Phi) is 5.61. The van der Waals surface area contributed by atoms with Gasteiger partial charge in [-0.2, -0.15) is 0 Å². The van der Waals surface area contributed by atoms with Crippen LogP contribution in [0.2, 0.25) is 0 Å². The summed E-state index contributed by atoms with van der Waals surface area (Å²) in [5, 5.41) is 0. The number of hydrogen-bond acceptors (Lipinski definition) is 3. The summed E-state index contributed by atoms with van der Waals surface area (Å²) >= 11 is 3.36. The van der Waals surface area contributed by atoms with Gasteiger partial charge in [0.1, 0.15) is 0 Å². The van der Waals surface area contributed by atoms with Crippen LogP contribution in [0.4, 0.5) is 0 Å². The van der Waals surface area contributed by atoms with E-state index in [0.717, 1.165) is 30.3 Å². The van der Waals surface area contributed by atoms with E-state index in [0.29, 0.717) is 5.56 Å². The molecule has 4 nitrogen and oxygen atoms in total. The van der Waals surface area contributed by atoms with Gasteiger partial charge in [0.15, 0.2) is 0 Å². The van der Waals surface area contributed by atoms with E-state index in [1.165, 1.54) is 0 Å². The molecule has 5 heteroatoms. The van der Waals surface area contributed by atoms with Gasteiger partial charge in [0.05, 0.1) is 11.7 Å². The molecule has 2 atom stereocenters. The fourth-order valence-corrected chi connectivity index (χ4v) is 3.41. The van der Waals surface area contributed by atoms with E-state index in [1.54, 1.807) is 12.4 Å². The van der Waals surface area contributed by atoms with E-state index in [4.69, 9.17) is 4.74 Å². The second kappa shape index (κ2) is 7.09. The molecule has 0 radical (unpaired) electrons. The van der Waals surface area contributed by atoms with Crippen LogP contribution in [-0.4, -0.2) is 41.6 Å². The Labute approximate surface area is 141 Å². The Morgan fingerprint density at radius 3 is 2.82 bits per heavy atom. The van der Waals surface area contributed by atoms with Gasteiger partial charge in [0, 0.05) is 42.0 Å². The molecule has 0 bridgehead atoms.